The Morgan fingerprint density at radius 1 is 1.13 bits per heavy atom. The first kappa shape index (κ1) is 20.3. The third kappa shape index (κ3) is 3.91. The molecule has 4 aromatic rings. The Hall–Kier alpha value is -3.95. The van der Waals surface area contributed by atoms with Crippen LogP contribution in [0.1, 0.15) is 42.9 Å². The molecule has 0 unspecified atom stereocenters. The number of imidazole rings is 1. The number of esters is 1. The van der Waals surface area contributed by atoms with Crippen molar-refractivity contribution in [1.82, 2.24) is 24.7 Å². The van der Waals surface area contributed by atoms with Crippen LogP contribution in [0.2, 0.25) is 0 Å². The number of nitrogens with zero attached hydrogens (tertiary/aromatic N) is 3. The van der Waals surface area contributed by atoms with Crippen LogP contribution in [0.3, 0.4) is 0 Å². The van der Waals surface area contributed by atoms with E-state index in [0.29, 0.717) is 39.0 Å². The lowest BCUT2D eigenvalue weighted by atomic mass is 10.1. The van der Waals surface area contributed by atoms with Gasteiger partial charge in [-0.2, -0.15) is 5.10 Å². The molecule has 0 aliphatic heterocycles. The van der Waals surface area contributed by atoms with Crippen molar-refractivity contribution in [1.29, 1.82) is 0 Å². The lowest BCUT2D eigenvalue weighted by Gasteiger charge is -2.14. The Balaban J connectivity index is 1.52. The molecule has 160 valence electrons. The normalized spacial score (nSPS) is 12.4. The molecule has 3 N–H and O–H groups in total. The fraction of sp³-hybridized carbons (Fsp3) is 0.286. The number of ether oxygens (including phenoxy) is 1. The van der Waals surface area contributed by atoms with Crippen LogP contribution >= 0.6 is 0 Å². The van der Waals surface area contributed by atoms with Gasteiger partial charge in [0.1, 0.15) is 0 Å². The number of pyridine rings is 1. The molecule has 0 bridgehead atoms. The maximum atomic E-state index is 12.8. The number of aromatic nitrogens is 5. The Bertz CT molecular complexity index is 1360. The second-order valence-corrected chi connectivity index (χ2v) is 7.61. The van der Waals surface area contributed by atoms with Gasteiger partial charge in [0.25, 0.3) is 5.91 Å². The van der Waals surface area contributed by atoms with E-state index < -0.39 is 18.0 Å². The molecular weight excluding hydrogens is 400 g/mol. The zero-order chi connectivity index (χ0) is 22.3. The Morgan fingerprint density at radius 2 is 1.87 bits per heavy atom. The zero-order valence-electron chi connectivity index (χ0n) is 17.5. The number of nitrogens with one attached hydrogen (secondary N) is 3. The smallest absolute Gasteiger partial charge is 0.339 e. The van der Waals surface area contributed by atoms with E-state index in [-0.39, 0.29) is 11.7 Å². The van der Waals surface area contributed by atoms with Crippen LogP contribution in [0.5, 0.6) is 0 Å². The number of fused-ring (bicyclic) bond motifs is 2. The first-order chi connectivity index (χ1) is 14.7. The van der Waals surface area contributed by atoms with Crippen molar-refractivity contribution in [2.24, 2.45) is 0 Å². The number of aryl methyl sites for hydroxylation is 1. The molecule has 1 amide bonds. The summed E-state index contributed by atoms with van der Waals surface area (Å²) in [4.78, 5) is 46.5. The van der Waals surface area contributed by atoms with E-state index in [0.717, 1.165) is 0 Å². The van der Waals surface area contributed by atoms with Crippen molar-refractivity contribution >= 4 is 39.6 Å². The minimum Gasteiger partial charge on any atom is -0.449 e. The summed E-state index contributed by atoms with van der Waals surface area (Å²) in [6, 6.07) is 6.64. The molecule has 0 fully saturated rings. The van der Waals surface area contributed by atoms with Crippen LogP contribution in [0, 0.1) is 6.92 Å². The maximum Gasteiger partial charge on any atom is 0.339 e. The average Bonchev–Trinajstić information content (AvgIpc) is 3.29. The predicted octanol–water partition coefficient (Wildman–Crippen LogP) is 2.67. The zero-order valence-corrected chi connectivity index (χ0v) is 17.5. The predicted molar refractivity (Wildman–Crippen MR) is 115 cm³/mol. The molecule has 0 radical (unpaired) electrons. The van der Waals surface area contributed by atoms with E-state index in [4.69, 9.17) is 4.74 Å². The molecule has 31 heavy (non-hydrogen) atoms. The highest BCUT2D eigenvalue weighted by atomic mass is 16.5. The second kappa shape index (κ2) is 7.71. The maximum absolute atomic E-state index is 12.8. The molecule has 1 aromatic carbocycles. The van der Waals surface area contributed by atoms with E-state index in [2.05, 4.69) is 25.4 Å². The van der Waals surface area contributed by atoms with E-state index in [1.54, 1.807) is 42.1 Å². The highest BCUT2D eigenvalue weighted by Gasteiger charge is 2.23. The summed E-state index contributed by atoms with van der Waals surface area (Å²) in [7, 11) is 0. The number of benzene rings is 1. The van der Waals surface area contributed by atoms with Gasteiger partial charge >= 0.3 is 11.7 Å². The van der Waals surface area contributed by atoms with Gasteiger partial charge in [-0.3, -0.25) is 4.79 Å². The number of carbonyl (C=O) groups is 2. The SMILES string of the molecule is Cc1cc(C(=O)O[C@H](C)C(=O)Nc2ccc3[nH]c(=O)[nH]c3c2)c2cnn(C(C)C)c2n1. The minimum absolute atomic E-state index is 0.0766. The van der Waals surface area contributed by atoms with Gasteiger partial charge in [0.05, 0.1) is 28.2 Å². The van der Waals surface area contributed by atoms with Crippen LogP contribution in [-0.4, -0.2) is 42.7 Å². The van der Waals surface area contributed by atoms with Crippen LogP contribution in [0.25, 0.3) is 22.1 Å². The molecule has 1 atom stereocenters. The van der Waals surface area contributed by atoms with Crippen molar-refractivity contribution in [2.45, 2.75) is 39.8 Å². The Labute approximate surface area is 176 Å². The fourth-order valence-electron chi connectivity index (χ4n) is 3.32. The van der Waals surface area contributed by atoms with Crippen LogP contribution < -0.4 is 11.0 Å². The van der Waals surface area contributed by atoms with E-state index in [1.807, 2.05) is 13.8 Å². The van der Waals surface area contributed by atoms with Crippen molar-refractivity contribution in [3.8, 4) is 0 Å². The first-order valence-corrected chi connectivity index (χ1v) is 9.81. The number of hydrogen-bond donors (Lipinski definition) is 3. The van der Waals surface area contributed by atoms with Crippen molar-refractivity contribution < 1.29 is 14.3 Å². The van der Waals surface area contributed by atoms with Crippen molar-refractivity contribution in [3.05, 3.63) is 52.2 Å². The van der Waals surface area contributed by atoms with Gasteiger partial charge in [-0.1, -0.05) is 0 Å². The summed E-state index contributed by atoms with van der Waals surface area (Å²) in [5.74, 6) is -1.13. The molecule has 10 heteroatoms. The summed E-state index contributed by atoms with van der Waals surface area (Å²) in [6.07, 6.45) is 0.535. The van der Waals surface area contributed by atoms with Crippen LogP contribution in [0.4, 0.5) is 5.69 Å². The minimum atomic E-state index is -1.04. The molecule has 0 spiro atoms. The highest BCUT2D eigenvalue weighted by molar-refractivity contribution is 6.04. The van der Waals surface area contributed by atoms with Crippen LogP contribution in [0.15, 0.2) is 35.3 Å². The molecule has 10 nitrogen and oxygen atoms in total. The van der Waals surface area contributed by atoms with Gasteiger partial charge < -0.3 is 20.0 Å². The van der Waals surface area contributed by atoms with E-state index >= 15 is 0 Å². The molecule has 4 rings (SSSR count). The summed E-state index contributed by atoms with van der Waals surface area (Å²) >= 11 is 0. The van der Waals surface area contributed by atoms with Crippen molar-refractivity contribution in [3.63, 3.8) is 0 Å². The Morgan fingerprint density at radius 3 is 2.61 bits per heavy atom. The number of carbonyl (C=O) groups excluding carboxylic acids is 2. The second-order valence-electron chi connectivity index (χ2n) is 7.61. The fourth-order valence-corrected chi connectivity index (χ4v) is 3.32. The van der Waals surface area contributed by atoms with Crippen LogP contribution in [-0.2, 0) is 9.53 Å². The number of anilines is 1. The summed E-state index contributed by atoms with van der Waals surface area (Å²) in [6.45, 7) is 7.22. The average molecular weight is 422 g/mol. The first-order valence-electron chi connectivity index (χ1n) is 9.81. The molecule has 0 saturated heterocycles. The summed E-state index contributed by atoms with van der Waals surface area (Å²) in [5.41, 5.74) is 2.86. The molecular formula is C21H22N6O4. The van der Waals surface area contributed by atoms with Crippen molar-refractivity contribution in [2.75, 3.05) is 5.32 Å². The van der Waals surface area contributed by atoms with Gasteiger partial charge in [-0.15, -0.1) is 0 Å². The topological polar surface area (TPSA) is 135 Å². The van der Waals surface area contributed by atoms with Gasteiger partial charge in [-0.25, -0.2) is 19.3 Å². The summed E-state index contributed by atoms with van der Waals surface area (Å²) in [5, 5.41) is 7.57. The lowest BCUT2D eigenvalue weighted by Crippen LogP contribution is -2.30. The molecule has 3 aromatic heterocycles. The number of rotatable bonds is 5. The quantitative estimate of drug-likeness (QED) is 0.423. The van der Waals surface area contributed by atoms with Gasteiger partial charge in [-0.05, 0) is 52.0 Å². The highest BCUT2D eigenvalue weighted by Crippen LogP contribution is 2.22. The Kier molecular flexibility index (Phi) is 5.05. The van der Waals surface area contributed by atoms with E-state index in [9.17, 15) is 14.4 Å². The number of H-pyrrole nitrogens is 2. The standard InChI is InChI=1S/C21H22N6O4/c1-10(2)27-18-15(9-22-27)14(7-11(3)23-18)20(29)31-12(4)19(28)24-13-5-6-16-17(8-13)26-21(30)25-16/h5-10,12H,1-4H3,(H,24,28)(H2,25,26,30)/t12-/m1/s1. The number of hydrogen-bond acceptors (Lipinski definition) is 6. The monoisotopic (exact) mass is 422 g/mol. The number of aromatic amines is 2. The lowest BCUT2D eigenvalue weighted by molar-refractivity contribution is -0.123. The van der Waals surface area contributed by atoms with Gasteiger partial charge in [0, 0.05) is 17.4 Å². The molecule has 0 saturated carbocycles. The third-order valence-corrected chi connectivity index (χ3v) is 4.84. The molecule has 0 aliphatic rings. The van der Waals surface area contributed by atoms with Gasteiger partial charge in [0.2, 0.25) is 0 Å². The third-order valence-electron chi connectivity index (χ3n) is 4.84. The number of amides is 1. The summed E-state index contributed by atoms with van der Waals surface area (Å²) < 4.78 is 7.15. The molecule has 3 heterocycles. The van der Waals surface area contributed by atoms with E-state index in [1.165, 1.54) is 6.92 Å². The largest absolute Gasteiger partial charge is 0.449 e. The van der Waals surface area contributed by atoms with Gasteiger partial charge in [0.15, 0.2) is 11.8 Å². The molecule has 0 aliphatic carbocycles.